The van der Waals surface area contributed by atoms with Crippen molar-refractivity contribution in [3.63, 3.8) is 0 Å². The van der Waals surface area contributed by atoms with Crippen LogP contribution in [0.4, 0.5) is 0 Å². The number of hydrogen-bond donors (Lipinski definition) is 2. The Morgan fingerprint density at radius 3 is 2.44 bits per heavy atom. The molecule has 16 heavy (non-hydrogen) atoms. The van der Waals surface area contributed by atoms with E-state index in [1.165, 1.54) is 0 Å². The Balaban J connectivity index is 0.000000281. The van der Waals surface area contributed by atoms with Crippen LogP contribution in [0.15, 0.2) is 31.4 Å². The van der Waals surface area contributed by atoms with Gasteiger partial charge in [0.25, 0.3) is 0 Å². The molecule has 0 fully saturated rings. The number of nitrogens with zero attached hydrogens (tertiary/aromatic N) is 2. The van der Waals surface area contributed by atoms with Crippen molar-refractivity contribution in [2.45, 2.75) is 6.54 Å². The first-order chi connectivity index (χ1) is 7.35. The zero-order valence-corrected chi connectivity index (χ0v) is 10.2. The van der Waals surface area contributed by atoms with Crippen molar-refractivity contribution in [2.24, 2.45) is 0 Å². The number of aliphatic carboxylic acids is 1. The van der Waals surface area contributed by atoms with E-state index in [-0.39, 0.29) is 6.54 Å². The smallest absolute Gasteiger partial charge is 0.359 e. The van der Waals surface area contributed by atoms with Crippen LogP contribution < -0.4 is 4.57 Å². The quantitative estimate of drug-likeness (QED) is 0.440. The van der Waals surface area contributed by atoms with Gasteiger partial charge in [0.2, 0.25) is 6.33 Å². The maximum Gasteiger partial charge on any atom is 0.359 e. The van der Waals surface area contributed by atoms with Crippen molar-refractivity contribution in [1.82, 2.24) is 4.98 Å². The summed E-state index contributed by atoms with van der Waals surface area (Å²) in [7, 11) is 5.52. The molecule has 5 nitrogen and oxygen atoms in total. The van der Waals surface area contributed by atoms with Crippen LogP contribution >= 0.6 is 0 Å². The molecule has 2 N–H and O–H groups in total. The van der Waals surface area contributed by atoms with Gasteiger partial charge in [0.1, 0.15) is 18.9 Å². The normalized spacial score (nSPS) is 10.2. The summed E-state index contributed by atoms with van der Waals surface area (Å²) in [4.78, 5) is 12.9. The van der Waals surface area contributed by atoms with E-state index >= 15 is 0 Å². The van der Waals surface area contributed by atoms with Gasteiger partial charge in [-0.1, -0.05) is 12.7 Å². The lowest BCUT2D eigenvalue weighted by Crippen LogP contribution is -2.39. The number of aromatic amines is 1. The highest BCUT2D eigenvalue weighted by molar-refractivity contribution is 5.67. The maximum absolute atomic E-state index is 10.00. The second kappa shape index (κ2) is 6.79. The minimum Gasteiger partial charge on any atom is -0.477 e. The molecule has 0 aromatic carbocycles. The number of quaternary nitrogens is 1. The minimum atomic E-state index is -0.752. The van der Waals surface area contributed by atoms with E-state index in [0.29, 0.717) is 4.48 Å². The first kappa shape index (κ1) is 14.4. The Morgan fingerprint density at radius 1 is 1.56 bits per heavy atom. The Hall–Kier alpha value is -1.62. The van der Waals surface area contributed by atoms with E-state index in [1.807, 2.05) is 50.5 Å². The third-order valence-electron chi connectivity index (χ3n) is 1.55. The van der Waals surface area contributed by atoms with Crippen molar-refractivity contribution >= 4 is 5.97 Å². The van der Waals surface area contributed by atoms with E-state index in [4.69, 9.17) is 5.11 Å². The van der Waals surface area contributed by atoms with Crippen LogP contribution in [0, 0.1) is 0 Å². The second-order valence-electron chi connectivity index (χ2n) is 4.44. The molecule has 1 heterocycles. The molecule has 0 unspecified atom stereocenters. The van der Waals surface area contributed by atoms with Crippen LogP contribution in [-0.4, -0.2) is 48.2 Å². The van der Waals surface area contributed by atoms with E-state index in [2.05, 4.69) is 11.6 Å². The van der Waals surface area contributed by atoms with E-state index in [1.54, 1.807) is 0 Å². The van der Waals surface area contributed by atoms with Crippen molar-refractivity contribution in [2.75, 3.05) is 27.7 Å². The molecule has 0 aliphatic carbocycles. The first-order valence-electron chi connectivity index (χ1n) is 5.00. The summed E-state index contributed by atoms with van der Waals surface area (Å²) in [5.41, 5.74) is 0. The van der Waals surface area contributed by atoms with E-state index in [0.717, 1.165) is 6.54 Å². The van der Waals surface area contributed by atoms with Gasteiger partial charge in [0, 0.05) is 0 Å². The summed E-state index contributed by atoms with van der Waals surface area (Å²) in [6, 6.07) is 0. The van der Waals surface area contributed by atoms with Gasteiger partial charge in [0.15, 0.2) is 6.54 Å². The molecule has 0 atom stereocenters. The molecule has 0 amide bonds. The predicted octanol–water partition coefficient (Wildman–Crippen LogP) is 0.265. The monoisotopic (exact) mass is 227 g/mol. The number of carboxylic acids is 1. The highest BCUT2D eigenvalue weighted by atomic mass is 16.4. The minimum absolute atomic E-state index is 0.181. The van der Waals surface area contributed by atoms with Gasteiger partial charge in [-0.15, -0.1) is 0 Å². The standard InChI is InChI=1S/C6H8N2.C5H11NO2/c1-2-4-8-5-3-7-6-8;1-6(2,3)4-5(7)8/h2-3,5-6H,1,4H2;4H2,1-3H3/p+2. The van der Waals surface area contributed by atoms with Crippen LogP contribution in [0.2, 0.25) is 0 Å². The first-order valence-corrected chi connectivity index (χ1v) is 5.00. The fourth-order valence-electron chi connectivity index (χ4n) is 0.989. The third kappa shape index (κ3) is 8.96. The number of hydrogen-bond acceptors (Lipinski definition) is 1. The van der Waals surface area contributed by atoms with E-state index < -0.39 is 5.97 Å². The molecule has 90 valence electrons. The Labute approximate surface area is 96.2 Å². The third-order valence-corrected chi connectivity index (χ3v) is 1.55. The van der Waals surface area contributed by atoms with Crippen molar-refractivity contribution < 1.29 is 19.0 Å². The number of carbonyl (C=O) groups is 1. The molecular weight excluding hydrogens is 206 g/mol. The summed E-state index contributed by atoms with van der Waals surface area (Å²) in [5.74, 6) is -0.752. The molecule has 0 aliphatic heterocycles. The lowest BCUT2D eigenvalue weighted by molar-refractivity contribution is -0.862. The maximum atomic E-state index is 10.00. The SMILES string of the molecule is C=CC[n+]1cc[nH]c1.C[N+](C)(C)CC(=O)O. The summed E-state index contributed by atoms with van der Waals surface area (Å²) in [6.07, 6.45) is 7.58. The average molecular weight is 227 g/mol. The fourth-order valence-corrected chi connectivity index (χ4v) is 0.989. The van der Waals surface area contributed by atoms with Gasteiger partial charge in [-0.25, -0.2) is 9.36 Å². The largest absolute Gasteiger partial charge is 0.477 e. The Kier molecular flexibility index (Phi) is 6.10. The highest BCUT2D eigenvalue weighted by Gasteiger charge is 2.11. The number of nitrogens with one attached hydrogen (secondary N) is 1. The van der Waals surface area contributed by atoms with Crippen LogP contribution in [-0.2, 0) is 11.3 Å². The molecule has 0 bridgehead atoms. The topological polar surface area (TPSA) is 57.0 Å². The van der Waals surface area contributed by atoms with Gasteiger partial charge in [-0.2, -0.15) is 0 Å². The number of carboxylic acid groups (broad SMARTS) is 1. The number of allylic oxidation sites excluding steroid dienone is 1. The number of rotatable bonds is 4. The zero-order valence-electron chi connectivity index (χ0n) is 10.2. The highest BCUT2D eigenvalue weighted by Crippen LogP contribution is 1.86. The predicted molar refractivity (Wildman–Crippen MR) is 61.7 cm³/mol. The van der Waals surface area contributed by atoms with E-state index in [9.17, 15) is 4.79 Å². The van der Waals surface area contributed by atoms with Gasteiger partial charge >= 0.3 is 5.97 Å². The van der Waals surface area contributed by atoms with Crippen molar-refractivity contribution in [3.05, 3.63) is 31.4 Å². The van der Waals surface area contributed by atoms with Gasteiger partial charge in [-0.3, -0.25) is 4.98 Å². The molecule has 0 saturated heterocycles. The van der Waals surface area contributed by atoms with Crippen molar-refractivity contribution in [3.8, 4) is 0 Å². The molecule has 0 saturated carbocycles. The van der Waals surface area contributed by atoms with Gasteiger partial charge < -0.3 is 9.59 Å². The lowest BCUT2D eigenvalue weighted by atomic mass is 10.5. The van der Waals surface area contributed by atoms with Crippen LogP contribution in [0.5, 0.6) is 0 Å². The molecule has 0 spiro atoms. The Bertz CT molecular complexity index is 312. The zero-order chi connectivity index (χ0) is 12.6. The number of aromatic nitrogens is 2. The summed E-state index contributed by atoms with van der Waals surface area (Å²) in [6.45, 7) is 4.66. The molecular formula is C11H21N3O2+2. The van der Waals surface area contributed by atoms with Crippen LogP contribution in [0.1, 0.15) is 0 Å². The molecule has 0 radical (unpaired) electrons. The van der Waals surface area contributed by atoms with Gasteiger partial charge in [0.05, 0.1) is 21.1 Å². The Morgan fingerprint density at radius 2 is 2.19 bits per heavy atom. The average Bonchev–Trinajstić information content (AvgIpc) is 2.53. The molecule has 1 rings (SSSR count). The molecule has 5 heteroatoms. The summed E-state index contributed by atoms with van der Waals surface area (Å²) in [5, 5.41) is 8.23. The number of likely N-dealkylation sites (N-methyl/N-ethyl adjacent to an activating group) is 1. The fraction of sp³-hybridized carbons (Fsp3) is 0.455. The molecule has 0 aliphatic rings. The van der Waals surface area contributed by atoms with Crippen molar-refractivity contribution in [1.29, 1.82) is 0 Å². The number of imidazole rings is 1. The number of H-pyrrole nitrogens is 1. The summed E-state index contributed by atoms with van der Waals surface area (Å²) < 4.78 is 2.49. The molecule has 1 aromatic heterocycles. The molecule has 1 aromatic rings. The second-order valence-corrected chi connectivity index (χ2v) is 4.44. The van der Waals surface area contributed by atoms with Gasteiger partial charge in [-0.05, 0) is 0 Å². The van der Waals surface area contributed by atoms with Crippen LogP contribution in [0.25, 0.3) is 0 Å². The lowest BCUT2D eigenvalue weighted by Gasteiger charge is -2.20. The van der Waals surface area contributed by atoms with Crippen LogP contribution in [0.3, 0.4) is 0 Å². The summed E-state index contributed by atoms with van der Waals surface area (Å²) >= 11 is 0.